The van der Waals surface area contributed by atoms with Gasteiger partial charge in [0.25, 0.3) is 0 Å². The molecule has 7 nitrogen and oxygen atoms in total. The van der Waals surface area contributed by atoms with E-state index in [1.54, 1.807) is 12.1 Å². The number of carboxylic acid groups (broad SMARTS) is 1. The van der Waals surface area contributed by atoms with Gasteiger partial charge in [-0.1, -0.05) is 35.3 Å². The summed E-state index contributed by atoms with van der Waals surface area (Å²) in [6, 6.07) is 15.1. The number of fused-ring (bicyclic) bond motifs is 1. The molecule has 9 heteroatoms. The third-order valence-electron chi connectivity index (χ3n) is 5.84. The van der Waals surface area contributed by atoms with Crippen LogP contribution in [0.15, 0.2) is 48.5 Å². The molecule has 0 radical (unpaired) electrons. The van der Waals surface area contributed by atoms with Gasteiger partial charge in [-0.05, 0) is 67.6 Å². The molecule has 2 N–H and O–H groups in total. The Labute approximate surface area is 200 Å². The second kappa shape index (κ2) is 8.65. The highest BCUT2D eigenvalue weighted by Gasteiger charge is 2.30. The molecule has 0 spiro atoms. The van der Waals surface area contributed by atoms with Gasteiger partial charge in [0, 0.05) is 28.2 Å². The van der Waals surface area contributed by atoms with E-state index in [-0.39, 0.29) is 11.9 Å². The molecule has 168 valence electrons. The van der Waals surface area contributed by atoms with Crippen LogP contribution in [0.5, 0.6) is 0 Å². The lowest BCUT2D eigenvalue weighted by Crippen LogP contribution is -2.20. The van der Waals surface area contributed by atoms with Crippen LogP contribution in [0.3, 0.4) is 0 Å². The van der Waals surface area contributed by atoms with Gasteiger partial charge < -0.3 is 15.0 Å². The molecule has 33 heavy (non-hydrogen) atoms. The van der Waals surface area contributed by atoms with Crippen LogP contribution >= 0.6 is 23.2 Å². The lowest BCUT2D eigenvalue weighted by molar-refractivity contribution is 0.0684. The van der Waals surface area contributed by atoms with Gasteiger partial charge in [-0.3, -0.25) is 0 Å². The maximum Gasteiger partial charge on any atom is 0.374 e. The molecule has 1 atom stereocenters. The van der Waals surface area contributed by atoms with Crippen LogP contribution in [0.1, 0.15) is 35.9 Å². The molecular formula is C24H21Cl2N5O2. The second-order valence-corrected chi connectivity index (χ2v) is 9.17. The van der Waals surface area contributed by atoms with Gasteiger partial charge in [-0.2, -0.15) is 0 Å². The van der Waals surface area contributed by atoms with Crippen LogP contribution in [0.25, 0.3) is 22.6 Å². The van der Waals surface area contributed by atoms with Gasteiger partial charge in [-0.25, -0.2) is 19.7 Å². The lowest BCUT2D eigenvalue weighted by atomic mass is 10.2. The highest BCUT2D eigenvalue weighted by atomic mass is 35.5. The van der Waals surface area contributed by atoms with Crippen molar-refractivity contribution in [2.75, 3.05) is 5.32 Å². The first-order valence-electron chi connectivity index (χ1n) is 10.7. The molecule has 5 rings (SSSR count). The Bertz CT molecular complexity index is 1330. The average Bonchev–Trinajstić information content (AvgIpc) is 3.58. The third kappa shape index (κ3) is 4.51. The molecule has 0 amide bonds. The molecule has 1 aliphatic carbocycles. The van der Waals surface area contributed by atoms with E-state index in [4.69, 9.17) is 28.2 Å². The minimum Gasteiger partial charge on any atom is -0.475 e. The fourth-order valence-electron chi connectivity index (χ4n) is 3.91. The summed E-state index contributed by atoms with van der Waals surface area (Å²) in [4.78, 5) is 25.1. The minimum absolute atomic E-state index is 0.155. The fourth-order valence-corrected chi connectivity index (χ4v) is 4.16. The van der Waals surface area contributed by atoms with E-state index >= 15 is 0 Å². The van der Waals surface area contributed by atoms with Crippen molar-refractivity contribution in [1.82, 2.24) is 19.5 Å². The number of nitrogens with zero attached hydrogens (tertiary/aromatic N) is 4. The number of carbonyl (C=O) groups is 1. The third-order valence-corrected chi connectivity index (χ3v) is 6.35. The molecular weight excluding hydrogens is 461 g/mol. The number of imidazole rings is 1. The van der Waals surface area contributed by atoms with Crippen molar-refractivity contribution in [2.45, 2.75) is 32.4 Å². The van der Waals surface area contributed by atoms with Gasteiger partial charge in [0.15, 0.2) is 11.5 Å². The van der Waals surface area contributed by atoms with E-state index in [0.29, 0.717) is 45.3 Å². The van der Waals surface area contributed by atoms with E-state index in [9.17, 15) is 9.90 Å². The van der Waals surface area contributed by atoms with Gasteiger partial charge in [0.2, 0.25) is 5.82 Å². The number of hydrogen-bond donors (Lipinski definition) is 2. The molecule has 2 aromatic carbocycles. The number of aromatic nitrogens is 4. The molecule has 1 fully saturated rings. The summed E-state index contributed by atoms with van der Waals surface area (Å²) in [6.07, 6.45) is 2.29. The molecule has 2 aromatic heterocycles. The SMILES string of the molecule is C[C@@H](Nc1nc(C(=O)O)nc2nc(-c3ccc(Cl)cc3)n(Cc3ccc(Cl)cc3)c12)C1CC1. The van der Waals surface area contributed by atoms with Crippen molar-refractivity contribution in [1.29, 1.82) is 0 Å². The van der Waals surface area contributed by atoms with E-state index < -0.39 is 5.97 Å². The van der Waals surface area contributed by atoms with Crippen molar-refractivity contribution < 1.29 is 9.90 Å². The Morgan fingerprint density at radius 2 is 1.70 bits per heavy atom. The summed E-state index contributed by atoms with van der Waals surface area (Å²) in [7, 11) is 0. The number of rotatable bonds is 7. The van der Waals surface area contributed by atoms with Crippen LogP contribution in [0.4, 0.5) is 5.82 Å². The topological polar surface area (TPSA) is 92.9 Å². The summed E-state index contributed by atoms with van der Waals surface area (Å²) in [5.41, 5.74) is 2.83. The van der Waals surface area contributed by atoms with Crippen LogP contribution in [0, 0.1) is 5.92 Å². The number of benzene rings is 2. The largest absolute Gasteiger partial charge is 0.475 e. The lowest BCUT2D eigenvalue weighted by Gasteiger charge is -2.17. The molecule has 1 aliphatic rings. The van der Waals surface area contributed by atoms with Gasteiger partial charge in [0.05, 0.1) is 0 Å². The zero-order valence-corrected chi connectivity index (χ0v) is 19.3. The van der Waals surface area contributed by atoms with E-state index in [1.807, 2.05) is 41.0 Å². The maximum absolute atomic E-state index is 11.7. The van der Waals surface area contributed by atoms with Crippen LogP contribution in [-0.4, -0.2) is 36.6 Å². The van der Waals surface area contributed by atoms with Crippen molar-refractivity contribution in [3.63, 3.8) is 0 Å². The van der Waals surface area contributed by atoms with Crippen LogP contribution in [0.2, 0.25) is 10.0 Å². The number of carboxylic acids is 1. The first kappa shape index (κ1) is 21.7. The molecule has 1 saturated carbocycles. The monoisotopic (exact) mass is 481 g/mol. The number of halogens is 2. The number of hydrogen-bond acceptors (Lipinski definition) is 5. The predicted octanol–water partition coefficient (Wildman–Crippen LogP) is 5.76. The Hall–Kier alpha value is -3.16. The minimum atomic E-state index is -1.20. The second-order valence-electron chi connectivity index (χ2n) is 8.30. The van der Waals surface area contributed by atoms with Gasteiger partial charge in [0.1, 0.15) is 11.3 Å². The van der Waals surface area contributed by atoms with Crippen molar-refractivity contribution in [3.8, 4) is 11.4 Å². The maximum atomic E-state index is 11.7. The Kier molecular flexibility index (Phi) is 5.68. The van der Waals surface area contributed by atoms with Crippen LogP contribution < -0.4 is 5.32 Å². The first-order chi connectivity index (χ1) is 15.9. The van der Waals surface area contributed by atoms with Gasteiger partial charge in [-0.15, -0.1) is 0 Å². The quantitative estimate of drug-likeness (QED) is 0.348. The molecule has 0 unspecified atom stereocenters. The molecule has 4 aromatic rings. The molecule has 0 saturated heterocycles. The smallest absolute Gasteiger partial charge is 0.374 e. The Morgan fingerprint density at radius 1 is 1.06 bits per heavy atom. The molecule has 0 bridgehead atoms. The Morgan fingerprint density at radius 3 is 2.30 bits per heavy atom. The van der Waals surface area contributed by atoms with Crippen molar-refractivity contribution >= 4 is 46.2 Å². The number of nitrogens with one attached hydrogen (secondary N) is 1. The zero-order valence-electron chi connectivity index (χ0n) is 17.8. The van der Waals surface area contributed by atoms with Crippen LogP contribution in [-0.2, 0) is 6.54 Å². The standard InChI is InChI=1S/C24H21Cl2N5O2/c1-13(15-4-5-15)27-20-19-21(29-22(28-20)24(32)33)30-23(16-6-10-18(26)11-7-16)31(19)12-14-2-8-17(25)9-3-14/h2-3,6-11,13,15H,4-5,12H2,1H3,(H,32,33)(H,27,28,29)/t13-/m1/s1. The van der Waals surface area contributed by atoms with Crippen molar-refractivity contribution in [2.24, 2.45) is 5.92 Å². The zero-order chi connectivity index (χ0) is 23.1. The summed E-state index contributed by atoms with van der Waals surface area (Å²) in [6.45, 7) is 2.57. The highest BCUT2D eigenvalue weighted by Crippen LogP contribution is 2.36. The average molecular weight is 482 g/mol. The van der Waals surface area contributed by atoms with E-state index in [0.717, 1.165) is 24.0 Å². The summed E-state index contributed by atoms with van der Waals surface area (Å²) >= 11 is 12.2. The highest BCUT2D eigenvalue weighted by molar-refractivity contribution is 6.30. The number of aromatic carboxylic acids is 1. The Balaban J connectivity index is 1.72. The summed E-state index contributed by atoms with van der Waals surface area (Å²) < 4.78 is 2.01. The molecule has 2 heterocycles. The van der Waals surface area contributed by atoms with E-state index in [2.05, 4.69) is 22.2 Å². The summed E-state index contributed by atoms with van der Waals surface area (Å²) in [5, 5.41) is 14.3. The normalized spacial score (nSPS) is 14.4. The van der Waals surface area contributed by atoms with Crippen molar-refractivity contribution in [3.05, 3.63) is 70.0 Å². The predicted molar refractivity (Wildman–Crippen MR) is 129 cm³/mol. The fraction of sp³-hybridized carbons (Fsp3) is 0.250. The van der Waals surface area contributed by atoms with E-state index in [1.165, 1.54) is 0 Å². The van der Waals surface area contributed by atoms with Gasteiger partial charge >= 0.3 is 5.97 Å². The first-order valence-corrected chi connectivity index (χ1v) is 11.4. The number of anilines is 1. The molecule has 0 aliphatic heterocycles. The summed E-state index contributed by atoms with van der Waals surface area (Å²) in [5.74, 6) is 0.187.